The molecule has 1 aromatic carbocycles. The summed E-state index contributed by atoms with van der Waals surface area (Å²) in [4.78, 5) is 0. The summed E-state index contributed by atoms with van der Waals surface area (Å²) in [6, 6.07) is 6.78. The van der Waals surface area contributed by atoms with Crippen molar-refractivity contribution in [2.45, 2.75) is 12.3 Å². The Hall–Kier alpha value is -1.49. The van der Waals surface area contributed by atoms with Gasteiger partial charge in [0.25, 0.3) is 5.92 Å². The lowest BCUT2D eigenvalue weighted by Crippen LogP contribution is -2.19. The fourth-order valence-corrected chi connectivity index (χ4v) is 1.54. The third-order valence-corrected chi connectivity index (χ3v) is 2.29. The largest absolute Gasteiger partial charge is 0.330 e. The van der Waals surface area contributed by atoms with Crippen LogP contribution in [0, 0.1) is 0 Å². The van der Waals surface area contributed by atoms with Crippen LogP contribution in [0.2, 0.25) is 0 Å². The third-order valence-electron chi connectivity index (χ3n) is 2.29. The number of aromatic amines is 1. The normalized spacial score (nSPS) is 12.2. The molecular weight excluding hydrogens is 200 g/mol. The summed E-state index contributed by atoms with van der Waals surface area (Å²) < 4.78 is 27.1. The number of nitrogens with one attached hydrogen (secondary N) is 1. The van der Waals surface area contributed by atoms with Crippen LogP contribution in [-0.4, -0.2) is 16.7 Å². The van der Waals surface area contributed by atoms with Crippen molar-refractivity contribution in [1.82, 2.24) is 10.2 Å². The summed E-state index contributed by atoms with van der Waals surface area (Å²) in [5.41, 5.74) is 5.55. The number of benzene rings is 1. The number of nitrogens with zero attached hydrogens (tertiary/aromatic N) is 1. The molecule has 15 heavy (non-hydrogen) atoms. The van der Waals surface area contributed by atoms with Crippen molar-refractivity contribution in [2.24, 2.45) is 5.73 Å². The minimum absolute atomic E-state index is 0.0552. The van der Waals surface area contributed by atoms with Gasteiger partial charge in [-0.15, -0.1) is 0 Å². The second kappa shape index (κ2) is 3.58. The molecule has 1 heterocycles. The zero-order valence-electron chi connectivity index (χ0n) is 8.00. The van der Waals surface area contributed by atoms with Gasteiger partial charge in [-0.25, -0.2) is 0 Å². The van der Waals surface area contributed by atoms with Gasteiger partial charge in [-0.05, 0) is 12.6 Å². The average Bonchev–Trinajstić information content (AvgIpc) is 2.61. The van der Waals surface area contributed by atoms with Crippen molar-refractivity contribution in [1.29, 1.82) is 0 Å². The lowest BCUT2D eigenvalue weighted by molar-refractivity contribution is -0.0137. The SMILES string of the molecule is NCCC(F)(F)c1[nH]nc2ccccc12. The molecule has 0 amide bonds. The fraction of sp³-hybridized carbons (Fsp3) is 0.300. The first kappa shape index (κ1) is 10.0. The first-order chi connectivity index (χ1) is 7.15. The van der Waals surface area contributed by atoms with Crippen LogP contribution >= 0.6 is 0 Å². The molecule has 2 aromatic rings. The number of alkyl halides is 2. The maximum absolute atomic E-state index is 13.6. The Balaban J connectivity index is 2.52. The molecule has 5 heteroatoms. The van der Waals surface area contributed by atoms with Gasteiger partial charge in [0.15, 0.2) is 0 Å². The van der Waals surface area contributed by atoms with E-state index in [1.807, 2.05) is 0 Å². The fourth-order valence-electron chi connectivity index (χ4n) is 1.54. The molecule has 0 aliphatic heterocycles. The highest BCUT2D eigenvalue weighted by Gasteiger charge is 2.34. The van der Waals surface area contributed by atoms with E-state index in [-0.39, 0.29) is 18.7 Å². The zero-order chi connectivity index (χ0) is 10.9. The van der Waals surface area contributed by atoms with E-state index in [0.29, 0.717) is 10.9 Å². The van der Waals surface area contributed by atoms with Gasteiger partial charge in [0.05, 0.1) is 5.52 Å². The molecule has 0 unspecified atom stereocenters. The van der Waals surface area contributed by atoms with Crippen LogP contribution in [0.15, 0.2) is 24.3 Å². The molecule has 3 nitrogen and oxygen atoms in total. The maximum atomic E-state index is 13.6. The van der Waals surface area contributed by atoms with Gasteiger partial charge in [0.2, 0.25) is 0 Å². The highest BCUT2D eigenvalue weighted by Crippen LogP contribution is 2.34. The van der Waals surface area contributed by atoms with Gasteiger partial charge in [-0.2, -0.15) is 13.9 Å². The van der Waals surface area contributed by atoms with Crippen LogP contribution in [0.5, 0.6) is 0 Å². The van der Waals surface area contributed by atoms with E-state index in [1.54, 1.807) is 24.3 Å². The van der Waals surface area contributed by atoms with E-state index in [1.165, 1.54) is 0 Å². The van der Waals surface area contributed by atoms with Crippen molar-refractivity contribution in [2.75, 3.05) is 6.54 Å². The number of aromatic nitrogens is 2. The Kier molecular flexibility index (Phi) is 2.40. The van der Waals surface area contributed by atoms with Crippen LogP contribution in [0.3, 0.4) is 0 Å². The molecule has 0 spiro atoms. The van der Waals surface area contributed by atoms with Crippen molar-refractivity contribution in [3.63, 3.8) is 0 Å². The van der Waals surface area contributed by atoms with Gasteiger partial charge in [0.1, 0.15) is 5.69 Å². The Labute approximate surface area is 85.3 Å². The molecule has 0 saturated carbocycles. The summed E-state index contributed by atoms with van der Waals surface area (Å²) in [6.45, 7) is -0.0552. The lowest BCUT2D eigenvalue weighted by Gasteiger charge is -2.13. The van der Waals surface area contributed by atoms with E-state index in [9.17, 15) is 8.78 Å². The van der Waals surface area contributed by atoms with Gasteiger partial charge in [-0.1, -0.05) is 18.2 Å². The molecule has 0 bridgehead atoms. The summed E-state index contributed by atoms with van der Waals surface area (Å²) in [5.74, 6) is -2.94. The number of rotatable bonds is 3. The molecule has 0 atom stereocenters. The molecule has 0 aliphatic rings. The number of nitrogens with two attached hydrogens (primary N) is 1. The molecule has 0 saturated heterocycles. The van der Waals surface area contributed by atoms with E-state index in [4.69, 9.17) is 5.73 Å². The highest BCUT2D eigenvalue weighted by atomic mass is 19.3. The van der Waals surface area contributed by atoms with Crippen molar-refractivity contribution in [3.05, 3.63) is 30.0 Å². The van der Waals surface area contributed by atoms with E-state index >= 15 is 0 Å². The van der Waals surface area contributed by atoms with Crippen molar-refractivity contribution in [3.8, 4) is 0 Å². The van der Waals surface area contributed by atoms with Gasteiger partial charge >= 0.3 is 0 Å². The molecule has 1 aromatic heterocycles. The standard InChI is InChI=1S/C10H11F2N3/c11-10(12,5-6-13)9-7-3-1-2-4-8(7)14-15-9/h1-4H,5-6,13H2,(H,14,15). The molecule has 0 aliphatic carbocycles. The smallest absolute Gasteiger partial charge is 0.290 e. The number of hydrogen-bond donors (Lipinski definition) is 2. The second-order valence-corrected chi connectivity index (χ2v) is 3.36. The molecule has 2 rings (SSSR count). The Morgan fingerprint density at radius 3 is 2.80 bits per heavy atom. The first-order valence-corrected chi connectivity index (χ1v) is 4.66. The second-order valence-electron chi connectivity index (χ2n) is 3.36. The Morgan fingerprint density at radius 1 is 1.33 bits per heavy atom. The molecule has 0 radical (unpaired) electrons. The first-order valence-electron chi connectivity index (χ1n) is 4.66. The topological polar surface area (TPSA) is 54.7 Å². The van der Waals surface area contributed by atoms with Gasteiger partial charge < -0.3 is 5.73 Å². The summed E-state index contributed by atoms with van der Waals surface area (Å²) in [7, 11) is 0. The van der Waals surface area contributed by atoms with Gasteiger partial charge in [-0.3, -0.25) is 5.10 Å². The van der Waals surface area contributed by atoms with Crippen LogP contribution < -0.4 is 5.73 Å². The predicted molar refractivity (Wildman–Crippen MR) is 53.7 cm³/mol. The monoisotopic (exact) mass is 211 g/mol. The van der Waals surface area contributed by atoms with Crippen LogP contribution in [0.1, 0.15) is 12.1 Å². The summed E-state index contributed by atoms with van der Waals surface area (Å²) in [5, 5.41) is 6.66. The minimum atomic E-state index is -2.94. The molecule has 0 fully saturated rings. The number of para-hydroxylation sites is 1. The van der Waals surface area contributed by atoms with Crippen LogP contribution in [0.25, 0.3) is 10.9 Å². The number of halogens is 2. The number of hydrogen-bond acceptors (Lipinski definition) is 2. The van der Waals surface area contributed by atoms with E-state index in [2.05, 4.69) is 10.2 Å². The number of fused-ring (bicyclic) bond motifs is 1. The van der Waals surface area contributed by atoms with Crippen molar-refractivity contribution >= 4 is 10.9 Å². The highest BCUT2D eigenvalue weighted by molar-refractivity contribution is 5.81. The van der Waals surface area contributed by atoms with Gasteiger partial charge in [0, 0.05) is 11.8 Å². The third kappa shape index (κ3) is 1.70. The summed E-state index contributed by atoms with van der Waals surface area (Å²) >= 11 is 0. The Morgan fingerprint density at radius 2 is 2.07 bits per heavy atom. The molecule has 3 N–H and O–H groups in total. The predicted octanol–water partition coefficient (Wildman–Crippen LogP) is 2.00. The number of H-pyrrole nitrogens is 1. The van der Waals surface area contributed by atoms with Crippen LogP contribution in [-0.2, 0) is 5.92 Å². The lowest BCUT2D eigenvalue weighted by atomic mass is 10.1. The molecule has 80 valence electrons. The molecular formula is C10H11F2N3. The zero-order valence-corrected chi connectivity index (χ0v) is 8.00. The Bertz CT molecular complexity index is 464. The quantitative estimate of drug-likeness (QED) is 0.815. The maximum Gasteiger partial charge on any atom is 0.290 e. The van der Waals surface area contributed by atoms with E-state index in [0.717, 1.165) is 0 Å². The average molecular weight is 211 g/mol. The van der Waals surface area contributed by atoms with Crippen LogP contribution in [0.4, 0.5) is 8.78 Å². The minimum Gasteiger partial charge on any atom is -0.330 e. The summed E-state index contributed by atoms with van der Waals surface area (Å²) in [6.07, 6.45) is -0.376. The van der Waals surface area contributed by atoms with E-state index < -0.39 is 5.92 Å². The van der Waals surface area contributed by atoms with Crippen molar-refractivity contribution < 1.29 is 8.78 Å².